The van der Waals surface area contributed by atoms with E-state index in [1.165, 1.54) is 0 Å². The third kappa shape index (κ3) is 3.12. The summed E-state index contributed by atoms with van der Waals surface area (Å²) in [5.74, 6) is -5.82. The second-order valence-electron chi connectivity index (χ2n) is 15.9. The van der Waals surface area contributed by atoms with Gasteiger partial charge in [-0.05, 0) is 140 Å². The lowest BCUT2D eigenvalue weighted by Crippen LogP contribution is -2.35. The molecule has 0 radical (unpaired) electrons. The molecule has 4 heterocycles. The Bertz CT molecular complexity index is 2560. The Morgan fingerprint density at radius 2 is 0.429 bits per heavy atom. The quantitative estimate of drug-likeness (QED) is 0.170. The van der Waals surface area contributed by atoms with Crippen LogP contribution in [0.15, 0.2) is 48.5 Å². The Labute approximate surface area is 314 Å². The van der Waals surface area contributed by atoms with Gasteiger partial charge in [0, 0.05) is 23.7 Å². The molecule has 6 aliphatic carbocycles. The van der Waals surface area contributed by atoms with Crippen LogP contribution in [-0.4, -0.2) is 47.3 Å². The third-order valence-corrected chi connectivity index (χ3v) is 13.6. The first kappa shape index (κ1) is 30.0. The van der Waals surface area contributed by atoms with E-state index in [2.05, 4.69) is 35.1 Å². The predicted octanol–water partition coefficient (Wildman–Crippen LogP) is 3.81. The molecular weight excluding hydrogens is 713 g/mol. The Hall–Kier alpha value is -7.34. The van der Waals surface area contributed by atoms with Crippen LogP contribution in [0.5, 0.6) is 0 Å². The molecule has 0 spiro atoms. The zero-order valence-electron chi connectivity index (χ0n) is 29.2. The number of carbonyl (C=O) groups excluding carboxylic acids is 8. The van der Waals surface area contributed by atoms with E-state index in [0.717, 1.165) is 77.9 Å². The fourth-order valence-corrected chi connectivity index (χ4v) is 11.5. The molecule has 4 N–H and O–H groups in total. The average Bonchev–Trinajstić information content (AvgIpc) is 3.83. The van der Waals surface area contributed by atoms with Crippen molar-refractivity contribution in [2.24, 2.45) is 0 Å². The monoisotopic (exact) mass is 734 g/mol. The van der Waals surface area contributed by atoms with Crippen molar-refractivity contribution < 1.29 is 38.4 Å². The van der Waals surface area contributed by atoms with Crippen LogP contribution in [-0.2, 0) is 0 Å². The Balaban J connectivity index is 1.15. The van der Waals surface area contributed by atoms with Crippen LogP contribution in [0.2, 0.25) is 0 Å². The normalized spacial score (nSPS) is 22.6. The van der Waals surface area contributed by atoms with Crippen LogP contribution in [0.25, 0.3) is 0 Å². The lowest BCUT2D eigenvalue weighted by Gasteiger charge is -2.49. The maximum Gasteiger partial charge on any atom is 0.258 e. The summed E-state index contributed by atoms with van der Waals surface area (Å²) in [7, 11) is 0. The minimum absolute atomic E-state index is 0.274. The molecule has 4 bridgehead atoms. The fourth-order valence-electron chi connectivity index (χ4n) is 11.5. The highest BCUT2D eigenvalue weighted by atomic mass is 16.2. The number of fused-ring (bicyclic) bond motifs is 4. The van der Waals surface area contributed by atoms with Crippen LogP contribution in [0.1, 0.15) is 184 Å². The first-order valence-electron chi connectivity index (χ1n) is 18.2. The maximum absolute atomic E-state index is 13.1. The smallest absolute Gasteiger partial charge is 0.258 e. The maximum atomic E-state index is 13.1. The molecule has 12 nitrogen and oxygen atoms in total. The molecule has 15 rings (SSSR count). The zero-order valence-corrected chi connectivity index (χ0v) is 29.2. The molecule has 0 saturated heterocycles. The van der Waals surface area contributed by atoms with E-state index in [4.69, 9.17) is 0 Å². The Morgan fingerprint density at radius 3 is 0.571 bits per heavy atom. The lowest BCUT2D eigenvalue weighted by molar-refractivity contribution is 0.0863. The van der Waals surface area contributed by atoms with Crippen molar-refractivity contribution in [1.29, 1.82) is 0 Å². The van der Waals surface area contributed by atoms with Crippen molar-refractivity contribution in [3.05, 3.63) is 171 Å². The van der Waals surface area contributed by atoms with Crippen molar-refractivity contribution in [3.8, 4) is 0 Å². The van der Waals surface area contributed by atoms with Crippen molar-refractivity contribution in [1.82, 2.24) is 21.3 Å². The summed E-state index contributed by atoms with van der Waals surface area (Å²) >= 11 is 0. The second-order valence-corrected chi connectivity index (χ2v) is 15.9. The minimum atomic E-state index is -0.488. The molecule has 0 atom stereocenters. The fraction of sp³-hybridized carbons (Fsp3) is 0.136. The van der Waals surface area contributed by atoms with Gasteiger partial charge in [0.25, 0.3) is 47.3 Å². The van der Waals surface area contributed by atoms with Crippen LogP contribution in [0.3, 0.4) is 0 Å². The summed E-state index contributed by atoms with van der Waals surface area (Å²) in [6.07, 6.45) is 0. The highest BCUT2D eigenvalue weighted by Gasteiger charge is 2.52. The molecular formula is C44H22N4O8. The van der Waals surface area contributed by atoms with Gasteiger partial charge >= 0.3 is 0 Å². The van der Waals surface area contributed by atoms with Gasteiger partial charge in [-0.25, -0.2) is 0 Å². The van der Waals surface area contributed by atoms with Gasteiger partial charge < -0.3 is 0 Å². The number of rotatable bonds is 0. The van der Waals surface area contributed by atoms with E-state index in [9.17, 15) is 38.4 Å². The van der Waals surface area contributed by atoms with Gasteiger partial charge in [-0.1, -0.05) is 0 Å². The number of benzene rings is 5. The van der Waals surface area contributed by atoms with E-state index in [-0.39, 0.29) is 44.5 Å². The highest BCUT2D eigenvalue weighted by Crippen LogP contribution is 2.65. The molecule has 5 aromatic rings. The largest absolute Gasteiger partial charge is 0.288 e. The molecule has 0 saturated carbocycles. The van der Waals surface area contributed by atoms with Gasteiger partial charge in [0.2, 0.25) is 0 Å². The van der Waals surface area contributed by atoms with Gasteiger partial charge in [0.05, 0.1) is 44.5 Å². The van der Waals surface area contributed by atoms with Crippen molar-refractivity contribution in [3.63, 3.8) is 0 Å². The number of nitrogens with one attached hydrogen (secondary N) is 4. The molecule has 5 aromatic carbocycles. The first-order chi connectivity index (χ1) is 26.9. The van der Waals surface area contributed by atoms with Gasteiger partial charge in [-0.15, -0.1) is 0 Å². The number of amides is 8. The SMILES string of the molecule is Cc1c2c(c(C)c3c1C1c4cc5c(cc4C3c3cc4c(cc31)C(=O)NC4=O)C(=O)NC5=O)C1c3cc4c(cc3C2c2cc3c(cc21)C(=O)NC3=O)C(=O)NC4=O. The molecule has 0 aromatic heterocycles. The van der Waals surface area contributed by atoms with E-state index in [0.29, 0.717) is 0 Å². The van der Waals surface area contributed by atoms with Crippen molar-refractivity contribution in [2.45, 2.75) is 37.5 Å². The highest BCUT2D eigenvalue weighted by molar-refractivity contribution is 6.24. The predicted molar refractivity (Wildman–Crippen MR) is 193 cm³/mol. The van der Waals surface area contributed by atoms with Crippen molar-refractivity contribution >= 4 is 47.3 Å². The van der Waals surface area contributed by atoms with E-state index >= 15 is 0 Å². The Kier molecular flexibility index (Phi) is 4.89. The number of hydrogen-bond donors (Lipinski definition) is 4. The van der Waals surface area contributed by atoms with E-state index in [1.807, 2.05) is 0 Å². The van der Waals surface area contributed by atoms with Crippen LogP contribution >= 0.6 is 0 Å². The topological polar surface area (TPSA) is 185 Å². The van der Waals surface area contributed by atoms with Gasteiger partial charge in [0.15, 0.2) is 0 Å². The van der Waals surface area contributed by atoms with Crippen molar-refractivity contribution in [2.75, 3.05) is 0 Å². The molecule has 12 heteroatoms. The third-order valence-electron chi connectivity index (χ3n) is 13.6. The average molecular weight is 735 g/mol. The van der Waals surface area contributed by atoms with Gasteiger partial charge in [0.1, 0.15) is 0 Å². The van der Waals surface area contributed by atoms with Crippen LogP contribution in [0, 0.1) is 13.8 Å². The molecule has 4 aliphatic heterocycles. The zero-order chi connectivity index (χ0) is 38.1. The molecule has 8 amide bonds. The van der Waals surface area contributed by atoms with Gasteiger partial charge in [-0.2, -0.15) is 0 Å². The summed E-state index contributed by atoms with van der Waals surface area (Å²) in [6.45, 7) is 4.11. The standard InChI is InChI=1S/C44H22N4O8/c1-11-29-31(35-17-7-25-21(37(49)45-41(25)53)3-13(17)33(29)14-4-22-26(8-18(14)35)42(54)46-38(22)50)12(2)32-30(11)34-15-5-23-27(43(55)47-39(23)51)9-19(15)36(32)20-10-28-24(6-16(20)34)40(52)48-44(28)56/h3-10,33-36H,1-2H3,(H,45,49,53)(H,46,50,54)(H,47,51,55)(H,48,52,56). The number of carbonyl (C=O) groups is 8. The summed E-state index contributed by atoms with van der Waals surface area (Å²) in [5.41, 5.74) is 14.6. The summed E-state index contributed by atoms with van der Waals surface area (Å²) < 4.78 is 0. The van der Waals surface area contributed by atoms with E-state index < -0.39 is 70.9 Å². The second kappa shape index (κ2) is 9.12. The summed E-state index contributed by atoms with van der Waals surface area (Å²) in [6, 6.07) is 14.3. The summed E-state index contributed by atoms with van der Waals surface area (Å²) in [5, 5.41) is 9.69. The van der Waals surface area contributed by atoms with Crippen LogP contribution < -0.4 is 21.3 Å². The summed E-state index contributed by atoms with van der Waals surface area (Å²) in [4.78, 5) is 104. The molecule has 56 heavy (non-hydrogen) atoms. The van der Waals surface area contributed by atoms with Gasteiger partial charge in [-0.3, -0.25) is 59.6 Å². The number of imide groups is 4. The number of hydrogen-bond acceptors (Lipinski definition) is 8. The van der Waals surface area contributed by atoms with Crippen LogP contribution in [0.4, 0.5) is 0 Å². The Morgan fingerprint density at radius 1 is 0.286 bits per heavy atom. The molecule has 10 aliphatic rings. The molecule has 0 fully saturated rings. The molecule has 0 unspecified atom stereocenters. The lowest BCUT2D eigenvalue weighted by atomic mass is 9.53. The van der Waals surface area contributed by atoms with E-state index in [1.54, 1.807) is 48.5 Å². The first-order valence-corrected chi connectivity index (χ1v) is 18.2. The molecule has 266 valence electrons. The minimum Gasteiger partial charge on any atom is -0.288 e.